The summed E-state index contributed by atoms with van der Waals surface area (Å²) in [5, 5.41) is 24.1. The van der Waals surface area contributed by atoms with Crippen molar-refractivity contribution in [1.29, 1.82) is 0 Å². The molecule has 1 fully saturated rings. The number of hydrogen-bond donors (Lipinski definition) is 2. The number of anilines is 1. The number of nitro groups is 1. The lowest BCUT2D eigenvalue weighted by atomic mass is 10.2. The normalized spacial score (nSPS) is 19.9. The first-order valence-electron chi connectivity index (χ1n) is 6.36. The van der Waals surface area contributed by atoms with Crippen LogP contribution in [0.1, 0.15) is 31.2 Å². The minimum absolute atomic E-state index is 0.0178. The van der Waals surface area contributed by atoms with Crippen LogP contribution in [-0.4, -0.2) is 35.1 Å². The van der Waals surface area contributed by atoms with Gasteiger partial charge >= 0.3 is 5.69 Å². The van der Waals surface area contributed by atoms with E-state index in [4.69, 9.17) is 0 Å². The molecule has 0 bridgehead atoms. The lowest BCUT2D eigenvalue weighted by molar-refractivity contribution is -0.383. The van der Waals surface area contributed by atoms with Crippen LogP contribution in [0.25, 0.3) is 0 Å². The molecule has 1 aliphatic heterocycles. The molecule has 2 atom stereocenters. The van der Waals surface area contributed by atoms with Crippen LogP contribution in [0.15, 0.2) is 6.07 Å². The highest BCUT2D eigenvalue weighted by Gasteiger charge is 2.31. The van der Waals surface area contributed by atoms with Crippen LogP contribution in [0.3, 0.4) is 0 Å². The van der Waals surface area contributed by atoms with Gasteiger partial charge in [0.05, 0.1) is 11.0 Å². The van der Waals surface area contributed by atoms with Crippen molar-refractivity contribution in [2.75, 3.05) is 18.0 Å². The molecule has 110 valence electrons. The first-order valence-corrected chi connectivity index (χ1v) is 7.18. The lowest BCUT2D eigenvalue weighted by Gasteiger charge is -2.16. The minimum Gasteiger partial charge on any atom is -0.388 e. The predicted molar refractivity (Wildman–Crippen MR) is 76.0 cm³/mol. The largest absolute Gasteiger partial charge is 0.388 e. The van der Waals surface area contributed by atoms with E-state index in [1.807, 2.05) is 4.90 Å². The Morgan fingerprint density at radius 3 is 2.95 bits per heavy atom. The van der Waals surface area contributed by atoms with E-state index in [9.17, 15) is 20.0 Å². The van der Waals surface area contributed by atoms with Crippen molar-refractivity contribution in [1.82, 2.24) is 5.32 Å². The van der Waals surface area contributed by atoms with E-state index in [1.54, 1.807) is 6.92 Å². The molecule has 2 rings (SSSR count). The van der Waals surface area contributed by atoms with Gasteiger partial charge in [-0.15, -0.1) is 11.3 Å². The van der Waals surface area contributed by atoms with Gasteiger partial charge in [0, 0.05) is 37.0 Å². The second-order valence-electron chi connectivity index (χ2n) is 4.90. The number of nitrogens with one attached hydrogen (secondary N) is 1. The molecular weight excluding hydrogens is 282 g/mol. The lowest BCUT2D eigenvalue weighted by Crippen LogP contribution is -2.35. The Kier molecular flexibility index (Phi) is 4.24. The molecule has 0 radical (unpaired) electrons. The number of thiophene rings is 1. The third-order valence-electron chi connectivity index (χ3n) is 3.20. The molecule has 0 aromatic carbocycles. The van der Waals surface area contributed by atoms with E-state index >= 15 is 0 Å². The molecule has 7 nitrogen and oxygen atoms in total. The van der Waals surface area contributed by atoms with E-state index in [2.05, 4.69) is 5.32 Å². The van der Waals surface area contributed by atoms with Gasteiger partial charge in [0.25, 0.3) is 0 Å². The third kappa shape index (κ3) is 3.07. The van der Waals surface area contributed by atoms with Crippen molar-refractivity contribution < 1.29 is 14.8 Å². The second-order valence-corrected chi connectivity index (χ2v) is 5.97. The summed E-state index contributed by atoms with van der Waals surface area (Å²) in [5.74, 6) is -0.0952. The molecule has 1 unspecified atom stereocenters. The molecule has 2 heterocycles. The Morgan fingerprint density at radius 2 is 2.40 bits per heavy atom. The van der Waals surface area contributed by atoms with E-state index in [0.717, 1.165) is 6.42 Å². The van der Waals surface area contributed by atoms with Crippen LogP contribution in [0, 0.1) is 10.1 Å². The van der Waals surface area contributed by atoms with Gasteiger partial charge in [-0.1, -0.05) is 0 Å². The van der Waals surface area contributed by atoms with Crippen molar-refractivity contribution in [2.45, 2.75) is 32.4 Å². The van der Waals surface area contributed by atoms with E-state index in [1.165, 1.54) is 24.3 Å². The summed E-state index contributed by atoms with van der Waals surface area (Å²) < 4.78 is 0. The Morgan fingerprint density at radius 1 is 1.70 bits per heavy atom. The molecule has 20 heavy (non-hydrogen) atoms. The number of carbonyl (C=O) groups is 1. The van der Waals surface area contributed by atoms with Gasteiger partial charge in [0.1, 0.15) is 0 Å². The van der Waals surface area contributed by atoms with Crippen molar-refractivity contribution in [3.8, 4) is 0 Å². The summed E-state index contributed by atoms with van der Waals surface area (Å²) in [6.07, 6.45) is 0.0414. The predicted octanol–water partition coefficient (Wildman–Crippen LogP) is 1.42. The molecular formula is C12H17N3O4S. The summed E-state index contributed by atoms with van der Waals surface area (Å²) in [6.45, 7) is 4.26. The number of hydrogen-bond acceptors (Lipinski definition) is 6. The minimum atomic E-state index is -0.721. The van der Waals surface area contributed by atoms with Crippen LogP contribution < -0.4 is 10.2 Å². The maximum atomic E-state index is 11.1. The van der Waals surface area contributed by atoms with Gasteiger partial charge in [-0.05, 0) is 13.3 Å². The number of carbonyl (C=O) groups excluding carboxylic acids is 1. The maximum absolute atomic E-state index is 11.1. The van der Waals surface area contributed by atoms with Crippen molar-refractivity contribution >= 4 is 27.9 Å². The van der Waals surface area contributed by atoms with Gasteiger partial charge in [-0.3, -0.25) is 14.9 Å². The highest BCUT2D eigenvalue weighted by molar-refractivity contribution is 7.16. The zero-order chi connectivity index (χ0) is 14.9. The molecule has 8 heteroatoms. The highest BCUT2D eigenvalue weighted by Crippen LogP contribution is 2.41. The Balaban J connectivity index is 2.20. The van der Waals surface area contributed by atoms with Crippen LogP contribution in [0.4, 0.5) is 10.7 Å². The quantitative estimate of drug-likeness (QED) is 0.647. The smallest absolute Gasteiger partial charge is 0.304 e. The summed E-state index contributed by atoms with van der Waals surface area (Å²) >= 11 is 1.24. The first-order chi connectivity index (χ1) is 9.38. The fourth-order valence-electron chi connectivity index (χ4n) is 2.30. The summed E-state index contributed by atoms with van der Waals surface area (Å²) in [4.78, 5) is 24.2. The summed E-state index contributed by atoms with van der Waals surface area (Å²) in [7, 11) is 0. The average Bonchev–Trinajstić information content (AvgIpc) is 2.93. The molecule has 0 saturated carbocycles. The van der Waals surface area contributed by atoms with Crippen LogP contribution in [0.2, 0.25) is 0 Å². The molecule has 1 aromatic heterocycles. The fraction of sp³-hybridized carbons (Fsp3) is 0.583. The number of nitrogens with zero attached hydrogens (tertiary/aromatic N) is 2. The highest BCUT2D eigenvalue weighted by atomic mass is 32.1. The van der Waals surface area contributed by atoms with Gasteiger partial charge in [0.15, 0.2) is 5.00 Å². The number of rotatable bonds is 4. The van der Waals surface area contributed by atoms with E-state index < -0.39 is 11.0 Å². The monoisotopic (exact) mass is 299 g/mol. The molecule has 1 amide bonds. The van der Waals surface area contributed by atoms with Gasteiger partial charge in [0.2, 0.25) is 5.91 Å². The molecule has 0 aliphatic carbocycles. The molecule has 1 saturated heterocycles. The summed E-state index contributed by atoms with van der Waals surface area (Å²) in [6, 6.07) is 1.44. The Labute approximate surface area is 120 Å². The molecule has 0 spiro atoms. The van der Waals surface area contributed by atoms with Crippen LogP contribution >= 0.6 is 11.3 Å². The Bertz CT molecular complexity index is 529. The molecule has 2 N–H and O–H groups in total. The fourth-order valence-corrected chi connectivity index (χ4v) is 3.40. The second kappa shape index (κ2) is 5.76. The number of aliphatic hydroxyl groups excluding tert-OH is 1. The maximum Gasteiger partial charge on any atom is 0.304 e. The number of amides is 1. The zero-order valence-electron chi connectivity index (χ0n) is 11.3. The van der Waals surface area contributed by atoms with Crippen molar-refractivity contribution in [3.05, 3.63) is 21.1 Å². The molecule has 1 aliphatic rings. The standard InChI is InChI=1S/C12H17N3O4S/c1-7(16)11-5-10(15(18)19)12(20-11)14-4-3-9(6-14)13-8(2)17/h5,7,9,16H,3-4,6H2,1-2H3,(H,13,17)/t7-,9?/m0/s1. The molecule has 1 aromatic rings. The Hall–Kier alpha value is -1.67. The van der Waals surface area contributed by atoms with Gasteiger partial charge < -0.3 is 15.3 Å². The van der Waals surface area contributed by atoms with E-state index in [-0.39, 0.29) is 17.6 Å². The van der Waals surface area contributed by atoms with Gasteiger partial charge in [-0.2, -0.15) is 0 Å². The van der Waals surface area contributed by atoms with Crippen molar-refractivity contribution in [2.24, 2.45) is 0 Å². The van der Waals surface area contributed by atoms with E-state index in [0.29, 0.717) is 23.0 Å². The van der Waals surface area contributed by atoms with Crippen LogP contribution in [0.5, 0.6) is 0 Å². The third-order valence-corrected chi connectivity index (χ3v) is 4.56. The number of aliphatic hydroxyl groups is 1. The summed E-state index contributed by atoms with van der Waals surface area (Å²) in [5.41, 5.74) is 0.0226. The SMILES string of the molecule is CC(=O)NC1CCN(c2sc([C@H](C)O)cc2[N+](=O)[O-])C1. The van der Waals surface area contributed by atoms with Crippen molar-refractivity contribution in [3.63, 3.8) is 0 Å². The average molecular weight is 299 g/mol. The zero-order valence-corrected chi connectivity index (χ0v) is 12.1. The van der Waals surface area contributed by atoms with Crippen LogP contribution in [-0.2, 0) is 4.79 Å². The topological polar surface area (TPSA) is 95.7 Å². The van der Waals surface area contributed by atoms with Gasteiger partial charge in [-0.25, -0.2) is 0 Å². The first kappa shape index (κ1) is 14.7.